The van der Waals surface area contributed by atoms with Crippen LogP contribution in [0.1, 0.15) is 34.1 Å². The molecule has 0 radical (unpaired) electrons. The Kier molecular flexibility index (Phi) is 4.66. The number of ketones is 1. The molecule has 0 amide bonds. The van der Waals surface area contributed by atoms with Gasteiger partial charge in [-0.05, 0) is 18.2 Å². The first-order chi connectivity index (χ1) is 7.72. The van der Waals surface area contributed by atoms with E-state index in [1.165, 1.54) is 6.07 Å². The lowest BCUT2D eigenvalue weighted by atomic mass is 10.1. The molecule has 0 saturated heterocycles. The number of carbonyl (C=O) groups excluding carboxylic acids is 2. The van der Waals surface area contributed by atoms with Gasteiger partial charge in [-0.3, -0.25) is 9.59 Å². The van der Waals surface area contributed by atoms with Gasteiger partial charge in [0.15, 0.2) is 12.1 Å². The molecule has 4 nitrogen and oxygen atoms in total. The first-order valence-corrected chi connectivity index (χ1v) is 5.09. The summed E-state index contributed by atoms with van der Waals surface area (Å²) in [4.78, 5) is 22.2. The average molecular weight is 222 g/mol. The zero-order valence-electron chi connectivity index (χ0n) is 9.10. The molecule has 0 atom stereocenters. The molecule has 0 bridgehead atoms. The van der Waals surface area contributed by atoms with Crippen molar-refractivity contribution in [1.29, 1.82) is 0 Å². The normalized spacial score (nSPS) is 9.88. The summed E-state index contributed by atoms with van der Waals surface area (Å²) in [7, 11) is 0. The Morgan fingerprint density at radius 1 is 1.50 bits per heavy atom. The second-order valence-corrected chi connectivity index (χ2v) is 3.22. The van der Waals surface area contributed by atoms with Crippen molar-refractivity contribution in [2.75, 3.05) is 13.2 Å². The Morgan fingerprint density at radius 2 is 2.25 bits per heavy atom. The lowest BCUT2D eigenvalue weighted by Gasteiger charge is -2.08. The molecule has 4 heteroatoms. The molecule has 16 heavy (non-hydrogen) atoms. The molecule has 0 aliphatic rings. The minimum absolute atomic E-state index is 0.0168. The zero-order chi connectivity index (χ0) is 12.0. The van der Waals surface area contributed by atoms with Crippen LogP contribution < -0.4 is 4.74 Å². The van der Waals surface area contributed by atoms with Crippen molar-refractivity contribution < 1.29 is 19.4 Å². The summed E-state index contributed by atoms with van der Waals surface area (Å²) in [6, 6.07) is 4.69. The molecule has 0 saturated carbocycles. The topological polar surface area (TPSA) is 63.6 Å². The van der Waals surface area contributed by atoms with Crippen molar-refractivity contribution in [3.63, 3.8) is 0 Å². The Morgan fingerprint density at radius 3 is 2.81 bits per heavy atom. The predicted molar refractivity (Wildman–Crippen MR) is 59.0 cm³/mol. The van der Waals surface area contributed by atoms with Gasteiger partial charge in [0, 0.05) is 12.0 Å². The fourth-order valence-corrected chi connectivity index (χ4v) is 1.31. The summed E-state index contributed by atoms with van der Waals surface area (Å²) in [5, 5.41) is 8.60. The molecule has 0 aliphatic heterocycles. The summed E-state index contributed by atoms with van der Waals surface area (Å²) in [6.07, 6.45) is 1.04. The van der Waals surface area contributed by atoms with Crippen LogP contribution in [-0.2, 0) is 0 Å². The monoisotopic (exact) mass is 222 g/mol. The third-order valence-electron chi connectivity index (χ3n) is 2.13. The number of carbonyl (C=O) groups is 2. The van der Waals surface area contributed by atoms with Crippen LogP contribution in [-0.4, -0.2) is 30.4 Å². The van der Waals surface area contributed by atoms with Crippen molar-refractivity contribution in [2.24, 2.45) is 0 Å². The number of benzene rings is 1. The Hall–Kier alpha value is -1.68. The summed E-state index contributed by atoms with van der Waals surface area (Å²) in [5.74, 6) is 0.369. The third kappa shape index (κ3) is 2.90. The molecule has 1 aromatic carbocycles. The van der Waals surface area contributed by atoms with Gasteiger partial charge in [0.2, 0.25) is 0 Å². The molecule has 0 spiro atoms. The van der Waals surface area contributed by atoms with E-state index < -0.39 is 0 Å². The number of hydrogen-bond donors (Lipinski definition) is 1. The van der Waals surface area contributed by atoms with Crippen LogP contribution in [0.4, 0.5) is 0 Å². The minimum Gasteiger partial charge on any atom is -0.490 e. The molecular formula is C12H14O4. The fraction of sp³-hybridized carbons (Fsp3) is 0.333. The van der Waals surface area contributed by atoms with E-state index >= 15 is 0 Å². The maximum absolute atomic E-state index is 11.4. The van der Waals surface area contributed by atoms with Crippen LogP contribution in [0.5, 0.6) is 5.75 Å². The highest BCUT2D eigenvalue weighted by atomic mass is 16.5. The van der Waals surface area contributed by atoms with Gasteiger partial charge in [0.25, 0.3) is 0 Å². The molecule has 1 aromatic rings. The highest BCUT2D eigenvalue weighted by Crippen LogP contribution is 2.19. The highest BCUT2D eigenvalue weighted by Gasteiger charge is 2.08. The maximum atomic E-state index is 11.4. The van der Waals surface area contributed by atoms with Gasteiger partial charge in [-0.15, -0.1) is 0 Å². The van der Waals surface area contributed by atoms with Gasteiger partial charge >= 0.3 is 0 Å². The predicted octanol–water partition coefficient (Wildman–Crippen LogP) is 1.46. The van der Waals surface area contributed by atoms with Crippen LogP contribution in [0.25, 0.3) is 0 Å². The molecule has 1 rings (SSSR count). The van der Waals surface area contributed by atoms with Gasteiger partial charge in [0.1, 0.15) is 12.4 Å². The van der Waals surface area contributed by atoms with Crippen molar-refractivity contribution >= 4 is 12.1 Å². The van der Waals surface area contributed by atoms with E-state index in [4.69, 9.17) is 9.84 Å². The Bertz CT molecular complexity index is 385. The van der Waals surface area contributed by atoms with Crippen molar-refractivity contribution in [3.05, 3.63) is 29.3 Å². The van der Waals surface area contributed by atoms with Crippen LogP contribution in [0.2, 0.25) is 0 Å². The fourth-order valence-electron chi connectivity index (χ4n) is 1.31. The highest BCUT2D eigenvalue weighted by molar-refractivity contribution is 5.97. The van der Waals surface area contributed by atoms with E-state index in [9.17, 15) is 9.59 Å². The summed E-state index contributed by atoms with van der Waals surface area (Å²) in [6.45, 7) is 1.77. The van der Waals surface area contributed by atoms with E-state index in [0.29, 0.717) is 29.6 Å². The summed E-state index contributed by atoms with van der Waals surface area (Å²) in [5.41, 5.74) is 0.827. The van der Waals surface area contributed by atoms with Crippen LogP contribution in [0, 0.1) is 0 Å². The molecule has 86 valence electrons. The number of aliphatic hydroxyl groups excluding tert-OH is 1. The minimum atomic E-state index is -0.117. The quantitative estimate of drug-likeness (QED) is 0.584. The molecule has 0 fully saturated rings. The number of Topliss-reactive ketones (excluding diaryl/α,β-unsaturated/α-hetero) is 1. The van der Waals surface area contributed by atoms with Crippen molar-refractivity contribution in [3.8, 4) is 5.75 Å². The SMILES string of the molecule is CCC(=O)c1ccc(OCCO)c(C=O)c1. The van der Waals surface area contributed by atoms with E-state index in [2.05, 4.69) is 0 Å². The summed E-state index contributed by atoms with van der Waals surface area (Å²) < 4.78 is 5.15. The van der Waals surface area contributed by atoms with Crippen LogP contribution in [0.3, 0.4) is 0 Å². The smallest absolute Gasteiger partial charge is 0.162 e. The Balaban J connectivity index is 2.97. The zero-order valence-corrected chi connectivity index (χ0v) is 9.10. The molecular weight excluding hydrogens is 208 g/mol. The first-order valence-electron chi connectivity index (χ1n) is 5.09. The van der Waals surface area contributed by atoms with Crippen molar-refractivity contribution in [2.45, 2.75) is 13.3 Å². The third-order valence-corrected chi connectivity index (χ3v) is 2.13. The number of aldehydes is 1. The van der Waals surface area contributed by atoms with Crippen molar-refractivity contribution in [1.82, 2.24) is 0 Å². The maximum Gasteiger partial charge on any atom is 0.162 e. The van der Waals surface area contributed by atoms with Gasteiger partial charge in [-0.25, -0.2) is 0 Å². The molecule has 1 N–H and O–H groups in total. The van der Waals surface area contributed by atoms with E-state index in [1.807, 2.05) is 0 Å². The van der Waals surface area contributed by atoms with E-state index in [-0.39, 0.29) is 19.0 Å². The van der Waals surface area contributed by atoms with Gasteiger partial charge in [0.05, 0.1) is 12.2 Å². The molecule has 0 heterocycles. The lowest BCUT2D eigenvalue weighted by molar-refractivity contribution is 0.0988. The summed E-state index contributed by atoms with van der Waals surface area (Å²) >= 11 is 0. The number of hydrogen-bond acceptors (Lipinski definition) is 4. The number of ether oxygens (including phenoxy) is 1. The second-order valence-electron chi connectivity index (χ2n) is 3.22. The first kappa shape index (κ1) is 12.4. The van der Waals surface area contributed by atoms with E-state index in [0.717, 1.165) is 0 Å². The lowest BCUT2D eigenvalue weighted by Crippen LogP contribution is -2.05. The molecule has 0 aliphatic carbocycles. The second kappa shape index (κ2) is 6.02. The molecule has 0 unspecified atom stereocenters. The van der Waals surface area contributed by atoms with Gasteiger partial charge < -0.3 is 9.84 Å². The van der Waals surface area contributed by atoms with Crippen LogP contribution >= 0.6 is 0 Å². The van der Waals surface area contributed by atoms with Gasteiger partial charge in [-0.1, -0.05) is 6.92 Å². The average Bonchev–Trinajstić information content (AvgIpc) is 2.35. The standard InChI is InChI=1S/C12H14O4/c1-2-11(15)9-3-4-12(16-6-5-13)10(7-9)8-14/h3-4,7-8,13H,2,5-6H2,1H3. The number of aliphatic hydroxyl groups is 1. The molecule has 0 aromatic heterocycles. The Labute approximate surface area is 93.9 Å². The van der Waals surface area contributed by atoms with E-state index in [1.54, 1.807) is 19.1 Å². The van der Waals surface area contributed by atoms with Crippen LogP contribution in [0.15, 0.2) is 18.2 Å². The number of rotatable bonds is 6. The van der Waals surface area contributed by atoms with Gasteiger partial charge in [-0.2, -0.15) is 0 Å². The largest absolute Gasteiger partial charge is 0.490 e.